The van der Waals surface area contributed by atoms with Crippen LogP contribution in [-0.2, 0) is 25.5 Å². The zero-order valence-corrected chi connectivity index (χ0v) is 19.8. The lowest BCUT2D eigenvalue weighted by atomic mass is 9.73. The van der Waals surface area contributed by atoms with Gasteiger partial charge in [-0.3, -0.25) is 14.4 Å². The van der Waals surface area contributed by atoms with Crippen molar-refractivity contribution >= 4 is 29.5 Å². The van der Waals surface area contributed by atoms with Crippen LogP contribution in [-0.4, -0.2) is 67.5 Å². The predicted molar refractivity (Wildman–Crippen MR) is 122 cm³/mol. The Hall–Kier alpha value is -2.22. The standard InChI is InChI=1S/C23H34N2O5S/c1-5-30-22(28)23(16-18-6-8-19(29-3)9-7-18)11-13-25(14-12-23)21(27)20(10-15-31-4)24-17(2)26/h6-9,20H,5,10-16H2,1-4H3,(H,24,26)/t20-/m0/s1. The highest BCUT2D eigenvalue weighted by molar-refractivity contribution is 7.98. The van der Waals surface area contributed by atoms with E-state index in [0.29, 0.717) is 45.4 Å². The molecule has 0 saturated carbocycles. The number of hydrogen-bond acceptors (Lipinski definition) is 6. The van der Waals surface area contributed by atoms with Crippen molar-refractivity contribution in [2.75, 3.05) is 38.8 Å². The van der Waals surface area contributed by atoms with Crippen LogP contribution < -0.4 is 10.1 Å². The van der Waals surface area contributed by atoms with E-state index in [1.807, 2.05) is 30.5 Å². The van der Waals surface area contributed by atoms with Crippen LogP contribution in [0.1, 0.15) is 38.7 Å². The van der Waals surface area contributed by atoms with Crippen LogP contribution in [0.4, 0.5) is 0 Å². The van der Waals surface area contributed by atoms with E-state index in [4.69, 9.17) is 9.47 Å². The van der Waals surface area contributed by atoms with Gasteiger partial charge in [0.05, 0.1) is 19.1 Å². The van der Waals surface area contributed by atoms with Gasteiger partial charge >= 0.3 is 5.97 Å². The molecule has 1 aliphatic rings. The van der Waals surface area contributed by atoms with Crippen LogP contribution in [0.2, 0.25) is 0 Å². The first-order chi connectivity index (χ1) is 14.8. The van der Waals surface area contributed by atoms with Gasteiger partial charge in [0.1, 0.15) is 11.8 Å². The molecule has 8 heteroatoms. The maximum absolute atomic E-state index is 13.0. The fraction of sp³-hybridized carbons (Fsp3) is 0.609. The lowest BCUT2D eigenvalue weighted by Crippen LogP contribution is -2.53. The van der Waals surface area contributed by atoms with Crippen LogP contribution in [0.3, 0.4) is 0 Å². The summed E-state index contributed by atoms with van der Waals surface area (Å²) >= 11 is 1.64. The highest BCUT2D eigenvalue weighted by Crippen LogP contribution is 2.37. The van der Waals surface area contributed by atoms with E-state index < -0.39 is 11.5 Å². The third kappa shape index (κ3) is 6.89. The Bertz CT molecular complexity index is 745. The molecule has 1 saturated heterocycles. The summed E-state index contributed by atoms with van der Waals surface area (Å²) in [7, 11) is 1.62. The zero-order valence-electron chi connectivity index (χ0n) is 18.9. The Kier molecular flexibility index (Phi) is 9.68. The van der Waals surface area contributed by atoms with Crippen molar-refractivity contribution in [3.63, 3.8) is 0 Å². The molecule has 1 aromatic carbocycles. The van der Waals surface area contributed by atoms with Crippen molar-refractivity contribution in [3.8, 4) is 5.75 Å². The lowest BCUT2D eigenvalue weighted by molar-refractivity contribution is -0.160. The van der Waals surface area contributed by atoms with Gasteiger partial charge in [0.15, 0.2) is 0 Å². The summed E-state index contributed by atoms with van der Waals surface area (Å²) in [4.78, 5) is 39.3. The van der Waals surface area contributed by atoms with E-state index in [9.17, 15) is 14.4 Å². The number of hydrogen-bond donors (Lipinski definition) is 1. The van der Waals surface area contributed by atoms with Crippen LogP contribution in [0.25, 0.3) is 0 Å². The summed E-state index contributed by atoms with van der Waals surface area (Å²) in [6.07, 6.45) is 4.17. The van der Waals surface area contributed by atoms with E-state index >= 15 is 0 Å². The zero-order chi connectivity index (χ0) is 22.9. The summed E-state index contributed by atoms with van der Waals surface area (Å²) in [5, 5.41) is 2.78. The smallest absolute Gasteiger partial charge is 0.312 e. The molecule has 0 spiro atoms. The second-order valence-electron chi connectivity index (χ2n) is 7.89. The van der Waals surface area contributed by atoms with Crippen molar-refractivity contribution in [1.29, 1.82) is 0 Å². The van der Waals surface area contributed by atoms with Crippen molar-refractivity contribution < 1.29 is 23.9 Å². The third-order valence-corrected chi connectivity index (χ3v) is 6.37. The molecule has 0 bridgehead atoms. The van der Waals surface area contributed by atoms with Gasteiger partial charge in [-0.2, -0.15) is 11.8 Å². The Balaban J connectivity index is 2.12. The summed E-state index contributed by atoms with van der Waals surface area (Å²) in [6.45, 7) is 4.48. The number of benzene rings is 1. The number of rotatable bonds is 10. The van der Waals surface area contributed by atoms with E-state index in [1.165, 1.54) is 6.92 Å². The highest BCUT2D eigenvalue weighted by atomic mass is 32.2. The number of likely N-dealkylation sites (tertiary alicyclic amines) is 1. The Morgan fingerprint density at radius 3 is 2.35 bits per heavy atom. The normalized spacial score (nSPS) is 16.3. The molecule has 1 heterocycles. The molecule has 1 N–H and O–H groups in total. The molecule has 31 heavy (non-hydrogen) atoms. The van der Waals surface area contributed by atoms with Crippen molar-refractivity contribution in [1.82, 2.24) is 10.2 Å². The minimum absolute atomic E-state index is 0.0776. The number of amides is 2. The highest BCUT2D eigenvalue weighted by Gasteiger charge is 2.44. The molecule has 1 aromatic rings. The predicted octanol–water partition coefficient (Wildman–Crippen LogP) is 2.67. The molecule has 0 unspecified atom stereocenters. The minimum Gasteiger partial charge on any atom is -0.497 e. The molecule has 0 radical (unpaired) electrons. The first-order valence-corrected chi connectivity index (χ1v) is 12.1. The Morgan fingerprint density at radius 1 is 1.19 bits per heavy atom. The Morgan fingerprint density at radius 2 is 1.84 bits per heavy atom. The van der Waals surface area contributed by atoms with Crippen LogP contribution >= 0.6 is 11.8 Å². The number of carbonyl (C=O) groups excluding carboxylic acids is 3. The monoisotopic (exact) mass is 450 g/mol. The second kappa shape index (κ2) is 12.0. The van der Waals surface area contributed by atoms with Gasteiger partial charge in [-0.15, -0.1) is 0 Å². The average Bonchev–Trinajstić information content (AvgIpc) is 2.77. The fourth-order valence-corrected chi connectivity index (χ4v) is 4.46. The maximum Gasteiger partial charge on any atom is 0.312 e. The van der Waals surface area contributed by atoms with Gasteiger partial charge in [0, 0.05) is 20.0 Å². The number of ether oxygens (including phenoxy) is 2. The van der Waals surface area contributed by atoms with E-state index in [1.54, 1.807) is 30.7 Å². The lowest BCUT2D eigenvalue weighted by Gasteiger charge is -2.41. The molecular weight excluding hydrogens is 416 g/mol. The van der Waals surface area contributed by atoms with Crippen LogP contribution in [0.5, 0.6) is 5.75 Å². The van der Waals surface area contributed by atoms with Crippen LogP contribution in [0.15, 0.2) is 24.3 Å². The number of nitrogens with zero attached hydrogens (tertiary/aromatic N) is 1. The van der Waals surface area contributed by atoms with Gasteiger partial charge in [-0.1, -0.05) is 12.1 Å². The first-order valence-electron chi connectivity index (χ1n) is 10.7. The number of carbonyl (C=O) groups is 3. The topological polar surface area (TPSA) is 84.9 Å². The van der Waals surface area contributed by atoms with Crippen LogP contribution in [0, 0.1) is 5.41 Å². The molecule has 172 valence electrons. The number of esters is 1. The molecule has 1 atom stereocenters. The summed E-state index contributed by atoms with van der Waals surface area (Å²) in [5.74, 6) is 1.06. The molecule has 0 aromatic heterocycles. The number of thioether (sulfide) groups is 1. The van der Waals surface area contributed by atoms with E-state index in [0.717, 1.165) is 17.1 Å². The van der Waals surface area contributed by atoms with Gasteiger partial charge in [0.25, 0.3) is 0 Å². The maximum atomic E-state index is 13.0. The number of nitrogens with one attached hydrogen (secondary N) is 1. The van der Waals surface area contributed by atoms with E-state index in [2.05, 4.69) is 5.32 Å². The molecule has 0 aliphatic carbocycles. The van der Waals surface area contributed by atoms with Gasteiger partial charge in [0.2, 0.25) is 11.8 Å². The quantitative estimate of drug-likeness (QED) is 0.552. The van der Waals surface area contributed by atoms with Gasteiger partial charge < -0.3 is 19.7 Å². The van der Waals surface area contributed by atoms with Crippen molar-refractivity contribution in [2.45, 2.75) is 45.6 Å². The second-order valence-corrected chi connectivity index (χ2v) is 8.87. The molecule has 1 fully saturated rings. The molecule has 1 aliphatic heterocycles. The molecule has 2 rings (SSSR count). The fourth-order valence-electron chi connectivity index (χ4n) is 3.99. The van der Waals surface area contributed by atoms with Gasteiger partial charge in [-0.05, 0) is 62.3 Å². The van der Waals surface area contributed by atoms with Gasteiger partial charge in [-0.25, -0.2) is 0 Å². The average molecular weight is 451 g/mol. The summed E-state index contributed by atoms with van der Waals surface area (Å²) in [5.41, 5.74) is 0.370. The molecule has 7 nitrogen and oxygen atoms in total. The molecule has 2 amide bonds. The molecular formula is C23H34N2O5S. The number of methoxy groups -OCH3 is 1. The first kappa shape index (κ1) is 25.0. The van der Waals surface area contributed by atoms with Crippen molar-refractivity contribution in [2.24, 2.45) is 5.41 Å². The summed E-state index contributed by atoms with van der Waals surface area (Å²) < 4.78 is 10.6. The Labute approximate surface area is 189 Å². The van der Waals surface area contributed by atoms with Crippen molar-refractivity contribution in [3.05, 3.63) is 29.8 Å². The SMILES string of the molecule is CCOC(=O)C1(Cc2ccc(OC)cc2)CCN(C(=O)[C@H](CCSC)NC(C)=O)CC1. The third-order valence-electron chi connectivity index (χ3n) is 5.73. The van der Waals surface area contributed by atoms with E-state index in [-0.39, 0.29) is 17.8 Å². The minimum atomic E-state index is -0.663. The number of piperidine rings is 1. The largest absolute Gasteiger partial charge is 0.497 e. The summed E-state index contributed by atoms with van der Waals surface area (Å²) in [6, 6.07) is 7.17.